The zero-order valence-corrected chi connectivity index (χ0v) is 12.6. The molecule has 1 aliphatic rings. The number of rotatable bonds is 3. The van der Waals surface area contributed by atoms with Gasteiger partial charge in [-0.05, 0) is 22.9 Å². The summed E-state index contributed by atoms with van der Waals surface area (Å²) in [7, 11) is 0. The summed E-state index contributed by atoms with van der Waals surface area (Å²) in [4.78, 5) is 0.878. The Morgan fingerprint density at radius 1 is 0.909 bits per heavy atom. The molecule has 0 spiro atoms. The van der Waals surface area contributed by atoms with E-state index in [1.807, 2.05) is 42.5 Å². The molecular formula is C16H18O5S. The first-order valence-electron chi connectivity index (χ1n) is 7.06. The van der Waals surface area contributed by atoms with Gasteiger partial charge in [-0.25, -0.2) is 0 Å². The maximum atomic E-state index is 10.1. The van der Waals surface area contributed by atoms with E-state index in [1.165, 1.54) is 11.8 Å². The van der Waals surface area contributed by atoms with E-state index in [9.17, 15) is 20.4 Å². The third-order valence-electron chi connectivity index (χ3n) is 3.82. The van der Waals surface area contributed by atoms with E-state index in [1.54, 1.807) is 0 Å². The van der Waals surface area contributed by atoms with Gasteiger partial charge in [-0.15, -0.1) is 0 Å². The van der Waals surface area contributed by atoms with Crippen LogP contribution >= 0.6 is 11.8 Å². The molecular weight excluding hydrogens is 304 g/mol. The SMILES string of the molecule is OC[C@@H]1O[C@@H](Sc2ccc3ccccc3c2)[C@@H](O)[C@@H](O)[C@@H]1O. The molecule has 1 saturated heterocycles. The molecule has 5 nitrogen and oxygen atoms in total. The molecule has 22 heavy (non-hydrogen) atoms. The van der Waals surface area contributed by atoms with Gasteiger partial charge < -0.3 is 25.2 Å². The third kappa shape index (κ3) is 2.99. The average molecular weight is 322 g/mol. The van der Waals surface area contributed by atoms with Gasteiger partial charge in [-0.2, -0.15) is 0 Å². The minimum atomic E-state index is -1.34. The zero-order chi connectivity index (χ0) is 15.7. The first-order chi connectivity index (χ1) is 10.6. The van der Waals surface area contributed by atoms with Crippen molar-refractivity contribution in [1.29, 1.82) is 0 Å². The molecule has 1 aliphatic heterocycles. The first kappa shape index (κ1) is 15.7. The number of hydrogen-bond acceptors (Lipinski definition) is 6. The van der Waals surface area contributed by atoms with Crippen molar-refractivity contribution in [2.24, 2.45) is 0 Å². The van der Waals surface area contributed by atoms with E-state index >= 15 is 0 Å². The number of ether oxygens (including phenoxy) is 1. The summed E-state index contributed by atoms with van der Waals surface area (Å²) in [6.45, 7) is -0.417. The fourth-order valence-electron chi connectivity index (χ4n) is 2.54. The molecule has 0 saturated carbocycles. The standard InChI is InChI=1S/C16H18O5S/c17-8-12-13(18)14(19)15(20)16(21-12)22-11-6-5-9-3-1-2-4-10(9)7-11/h1-7,12-20H,8H2/t12-,13+,14-,15-,16-/m0/s1. The minimum absolute atomic E-state index is 0.417. The number of thioether (sulfide) groups is 1. The Labute approximate surface area is 132 Å². The van der Waals surface area contributed by atoms with Crippen LogP contribution in [0.25, 0.3) is 10.8 Å². The van der Waals surface area contributed by atoms with E-state index in [-0.39, 0.29) is 0 Å². The lowest BCUT2D eigenvalue weighted by atomic mass is 10.0. The van der Waals surface area contributed by atoms with Crippen LogP contribution < -0.4 is 0 Å². The summed E-state index contributed by atoms with van der Waals surface area (Å²) >= 11 is 1.26. The second-order valence-electron chi connectivity index (χ2n) is 5.32. The van der Waals surface area contributed by atoms with Gasteiger partial charge in [0.1, 0.15) is 29.9 Å². The molecule has 0 aromatic heterocycles. The summed E-state index contributed by atoms with van der Waals surface area (Å²) < 4.78 is 5.50. The maximum absolute atomic E-state index is 10.1. The van der Waals surface area contributed by atoms with Crippen molar-refractivity contribution >= 4 is 22.5 Å². The summed E-state index contributed by atoms with van der Waals surface area (Å²) in [5.41, 5.74) is -0.753. The molecule has 2 aromatic carbocycles. The van der Waals surface area contributed by atoms with Crippen molar-refractivity contribution in [2.45, 2.75) is 34.7 Å². The first-order valence-corrected chi connectivity index (χ1v) is 7.94. The number of aliphatic hydroxyl groups is 4. The number of fused-ring (bicyclic) bond motifs is 1. The minimum Gasteiger partial charge on any atom is -0.394 e. The van der Waals surface area contributed by atoms with Crippen LogP contribution in [0.3, 0.4) is 0 Å². The molecule has 3 rings (SSSR count). The van der Waals surface area contributed by atoms with Crippen LogP contribution in [-0.2, 0) is 4.74 Å². The third-order valence-corrected chi connectivity index (χ3v) is 4.97. The molecule has 5 atom stereocenters. The lowest BCUT2D eigenvalue weighted by Crippen LogP contribution is -2.57. The van der Waals surface area contributed by atoms with Crippen molar-refractivity contribution < 1.29 is 25.2 Å². The highest BCUT2D eigenvalue weighted by molar-refractivity contribution is 7.99. The van der Waals surface area contributed by atoms with Gasteiger partial charge in [-0.1, -0.05) is 42.1 Å². The Morgan fingerprint density at radius 2 is 1.64 bits per heavy atom. The van der Waals surface area contributed by atoms with Crippen LogP contribution in [-0.4, -0.2) is 56.9 Å². The van der Waals surface area contributed by atoms with E-state index < -0.39 is 36.5 Å². The Kier molecular flexibility index (Phi) is 4.67. The molecule has 1 heterocycles. The molecule has 6 heteroatoms. The van der Waals surface area contributed by atoms with Gasteiger partial charge in [0.25, 0.3) is 0 Å². The number of aliphatic hydroxyl groups excluding tert-OH is 4. The molecule has 0 amide bonds. The van der Waals surface area contributed by atoms with E-state index in [0.29, 0.717) is 0 Å². The molecule has 0 bridgehead atoms. The van der Waals surface area contributed by atoms with Crippen LogP contribution in [0.1, 0.15) is 0 Å². The number of benzene rings is 2. The lowest BCUT2D eigenvalue weighted by Gasteiger charge is -2.39. The molecule has 4 N–H and O–H groups in total. The summed E-state index contributed by atoms with van der Waals surface area (Å²) in [6.07, 6.45) is -4.78. The Morgan fingerprint density at radius 3 is 2.36 bits per heavy atom. The van der Waals surface area contributed by atoms with Gasteiger partial charge in [0.2, 0.25) is 0 Å². The van der Waals surface area contributed by atoms with Gasteiger partial charge in [-0.3, -0.25) is 0 Å². The smallest absolute Gasteiger partial charge is 0.136 e. The van der Waals surface area contributed by atoms with Crippen LogP contribution in [0.5, 0.6) is 0 Å². The highest BCUT2D eigenvalue weighted by Crippen LogP contribution is 2.34. The average Bonchev–Trinajstić information content (AvgIpc) is 2.55. The van der Waals surface area contributed by atoms with Gasteiger partial charge in [0, 0.05) is 4.90 Å². The van der Waals surface area contributed by atoms with Crippen molar-refractivity contribution in [3.05, 3.63) is 42.5 Å². The van der Waals surface area contributed by atoms with Gasteiger partial charge in [0.15, 0.2) is 0 Å². The molecule has 0 aliphatic carbocycles. The van der Waals surface area contributed by atoms with Gasteiger partial charge >= 0.3 is 0 Å². The van der Waals surface area contributed by atoms with Gasteiger partial charge in [0.05, 0.1) is 6.61 Å². The Hall–Kier alpha value is -1.15. The van der Waals surface area contributed by atoms with Crippen LogP contribution in [0.4, 0.5) is 0 Å². The topological polar surface area (TPSA) is 90.2 Å². The molecule has 0 unspecified atom stereocenters. The highest BCUT2D eigenvalue weighted by Gasteiger charge is 2.43. The summed E-state index contributed by atoms with van der Waals surface area (Å²) in [5, 5.41) is 41.0. The lowest BCUT2D eigenvalue weighted by molar-refractivity contribution is -0.205. The fourth-order valence-corrected chi connectivity index (χ4v) is 3.65. The largest absolute Gasteiger partial charge is 0.394 e. The molecule has 0 radical (unpaired) electrons. The maximum Gasteiger partial charge on any atom is 0.136 e. The van der Waals surface area contributed by atoms with Crippen molar-refractivity contribution in [2.75, 3.05) is 6.61 Å². The molecule has 1 fully saturated rings. The molecule has 118 valence electrons. The second kappa shape index (κ2) is 6.54. The zero-order valence-electron chi connectivity index (χ0n) is 11.7. The predicted octanol–water partition coefficient (Wildman–Crippen LogP) is 0.732. The summed E-state index contributed by atoms with van der Waals surface area (Å²) in [6, 6.07) is 13.8. The van der Waals surface area contributed by atoms with Crippen LogP contribution in [0, 0.1) is 0 Å². The normalized spacial score (nSPS) is 32.3. The van der Waals surface area contributed by atoms with E-state index in [4.69, 9.17) is 4.74 Å². The summed E-state index contributed by atoms with van der Waals surface area (Å²) in [5.74, 6) is 0. The Bertz CT molecular complexity index is 647. The van der Waals surface area contributed by atoms with Crippen molar-refractivity contribution in [3.8, 4) is 0 Å². The van der Waals surface area contributed by atoms with Crippen molar-refractivity contribution in [1.82, 2.24) is 0 Å². The van der Waals surface area contributed by atoms with E-state index in [0.717, 1.165) is 15.7 Å². The second-order valence-corrected chi connectivity index (χ2v) is 6.50. The monoisotopic (exact) mass is 322 g/mol. The van der Waals surface area contributed by atoms with Crippen LogP contribution in [0.15, 0.2) is 47.4 Å². The van der Waals surface area contributed by atoms with E-state index in [2.05, 4.69) is 0 Å². The quantitative estimate of drug-likeness (QED) is 0.666. The fraction of sp³-hybridized carbons (Fsp3) is 0.375. The highest BCUT2D eigenvalue weighted by atomic mass is 32.2. The molecule has 2 aromatic rings. The number of hydrogen-bond donors (Lipinski definition) is 4. The van der Waals surface area contributed by atoms with Crippen LogP contribution in [0.2, 0.25) is 0 Å². The predicted molar refractivity (Wildman–Crippen MR) is 83.6 cm³/mol. The van der Waals surface area contributed by atoms with Crippen molar-refractivity contribution in [3.63, 3.8) is 0 Å². The Balaban J connectivity index is 1.80.